The van der Waals surface area contributed by atoms with Gasteiger partial charge in [-0.05, 0) is 94.5 Å². The van der Waals surface area contributed by atoms with Crippen LogP contribution in [0, 0.1) is 5.82 Å². The normalized spacial score (nSPS) is 22.5. The third kappa shape index (κ3) is 6.33. The Balaban J connectivity index is 1.17. The molecule has 0 spiro atoms. The molecule has 4 N–H and O–H groups in total. The van der Waals surface area contributed by atoms with Crippen LogP contribution in [0.2, 0.25) is 0 Å². The average molecular weight is 601 g/mol. The van der Waals surface area contributed by atoms with E-state index in [4.69, 9.17) is 10.7 Å². The van der Waals surface area contributed by atoms with Crippen LogP contribution >= 0.6 is 0 Å². The molecule has 0 radical (unpaired) electrons. The first kappa shape index (κ1) is 29.8. The smallest absolute Gasteiger partial charge is 0.271 e. The molecule has 44 heavy (non-hydrogen) atoms. The number of nitrogens with two attached hydrogens (primary N) is 1. The van der Waals surface area contributed by atoms with Gasteiger partial charge in [-0.1, -0.05) is 6.07 Å². The molecule has 2 aliphatic heterocycles. The molecule has 1 saturated carbocycles. The zero-order valence-electron chi connectivity index (χ0n) is 25.6. The lowest BCUT2D eigenvalue weighted by Crippen LogP contribution is -2.54. The molecule has 2 amide bonds. The van der Waals surface area contributed by atoms with Crippen LogP contribution in [-0.4, -0.2) is 78.0 Å². The number of hydrogen-bond acceptors (Lipinski definition) is 8. The summed E-state index contributed by atoms with van der Waals surface area (Å²) in [6.07, 6.45) is 5.24. The van der Waals surface area contributed by atoms with Crippen LogP contribution in [-0.2, 0) is 0 Å². The van der Waals surface area contributed by atoms with Gasteiger partial charge in [-0.3, -0.25) is 9.59 Å². The molecule has 0 unspecified atom stereocenters. The predicted octanol–water partition coefficient (Wildman–Crippen LogP) is 4.26. The molecular weight excluding hydrogens is 559 g/mol. The van der Waals surface area contributed by atoms with Gasteiger partial charge in [0.15, 0.2) is 11.5 Å². The fraction of sp³-hybridized carbons (Fsp3) is 0.455. The molecule has 3 aliphatic rings. The number of likely N-dealkylation sites (N-methyl/N-ethyl adjacent to an activating group) is 1. The van der Waals surface area contributed by atoms with Gasteiger partial charge >= 0.3 is 0 Å². The molecular formula is C33H41FN8O2. The van der Waals surface area contributed by atoms with Gasteiger partial charge in [-0.25, -0.2) is 14.4 Å². The number of halogens is 1. The molecule has 0 bridgehead atoms. The van der Waals surface area contributed by atoms with Crippen molar-refractivity contribution in [2.75, 3.05) is 48.3 Å². The summed E-state index contributed by atoms with van der Waals surface area (Å²) in [5.41, 5.74) is 8.62. The predicted molar refractivity (Wildman–Crippen MR) is 170 cm³/mol. The Hall–Kier alpha value is -4.25. The van der Waals surface area contributed by atoms with Gasteiger partial charge in [0.1, 0.15) is 11.6 Å². The zero-order valence-corrected chi connectivity index (χ0v) is 25.6. The van der Waals surface area contributed by atoms with Crippen molar-refractivity contribution in [2.45, 2.75) is 63.6 Å². The van der Waals surface area contributed by atoms with E-state index >= 15 is 0 Å². The summed E-state index contributed by atoms with van der Waals surface area (Å²) in [6.45, 7) is 7.91. The number of rotatable bonds is 8. The lowest BCUT2D eigenvalue weighted by atomic mass is 9.96. The lowest BCUT2D eigenvalue weighted by molar-refractivity contribution is 0.0919. The molecule has 6 rings (SSSR count). The first-order valence-electron chi connectivity index (χ1n) is 15.5. The molecule has 11 heteroatoms. The first-order valence-corrected chi connectivity index (χ1v) is 15.5. The molecule has 2 saturated heterocycles. The molecule has 1 aliphatic carbocycles. The second kappa shape index (κ2) is 12.4. The second-order valence-corrected chi connectivity index (χ2v) is 12.4. The van der Waals surface area contributed by atoms with Crippen molar-refractivity contribution in [1.29, 1.82) is 0 Å². The monoisotopic (exact) mass is 600 g/mol. The Kier molecular flexibility index (Phi) is 8.40. The minimum atomic E-state index is -0.680. The number of primary amides is 1. The van der Waals surface area contributed by atoms with Gasteiger partial charge in [0.25, 0.3) is 11.8 Å². The number of hydrogen-bond donors (Lipinski definition) is 3. The molecule has 3 atom stereocenters. The van der Waals surface area contributed by atoms with E-state index in [9.17, 15) is 14.0 Å². The van der Waals surface area contributed by atoms with E-state index in [1.165, 1.54) is 6.07 Å². The van der Waals surface area contributed by atoms with Crippen LogP contribution in [0.1, 0.15) is 71.9 Å². The fourth-order valence-electron chi connectivity index (χ4n) is 6.47. The molecule has 1 aromatic heterocycles. The quantitative estimate of drug-likeness (QED) is 0.351. The number of amides is 2. The Labute approximate surface area is 257 Å². The number of anilines is 4. The van der Waals surface area contributed by atoms with Crippen molar-refractivity contribution in [3.05, 3.63) is 71.3 Å². The fourth-order valence-corrected chi connectivity index (χ4v) is 6.47. The number of nitrogens with one attached hydrogen (secondary N) is 2. The highest BCUT2D eigenvalue weighted by Gasteiger charge is 2.32. The number of carbonyl (C=O) groups is 2. The number of nitrogens with zero attached hydrogens (tertiary/aromatic N) is 5. The summed E-state index contributed by atoms with van der Waals surface area (Å²) in [6, 6.07) is 13.0. The van der Waals surface area contributed by atoms with Crippen molar-refractivity contribution in [3.8, 4) is 0 Å². The van der Waals surface area contributed by atoms with Crippen LogP contribution in [0.3, 0.4) is 0 Å². The SMILES string of the molecule is C[C@@H]1[C@H](NC(=O)c2ccc(C3CC3)cc2F)CCCN1c1cnc(C(N)=O)c(Nc2ccc(N3CCN(C)C[C@@H]3C)cc2)n1. The van der Waals surface area contributed by atoms with Crippen molar-refractivity contribution in [1.82, 2.24) is 20.2 Å². The Morgan fingerprint density at radius 3 is 2.45 bits per heavy atom. The van der Waals surface area contributed by atoms with Crippen LogP contribution in [0.25, 0.3) is 0 Å². The zero-order chi connectivity index (χ0) is 31.0. The minimum absolute atomic E-state index is 0.0464. The van der Waals surface area contributed by atoms with Crippen LogP contribution < -0.4 is 26.2 Å². The van der Waals surface area contributed by atoms with Crippen molar-refractivity contribution >= 4 is 34.8 Å². The molecule has 3 fully saturated rings. The summed E-state index contributed by atoms with van der Waals surface area (Å²) in [4.78, 5) is 41.3. The minimum Gasteiger partial charge on any atom is -0.366 e. The first-order chi connectivity index (χ1) is 21.2. The van der Waals surface area contributed by atoms with Gasteiger partial charge < -0.3 is 31.1 Å². The number of benzene rings is 2. The van der Waals surface area contributed by atoms with E-state index in [-0.39, 0.29) is 29.2 Å². The highest BCUT2D eigenvalue weighted by Crippen LogP contribution is 2.40. The molecule has 3 heterocycles. The van der Waals surface area contributed by atoms with E-state index in [2.05, 4.69) is 56.4 Å². The number of piperidine rings is 1. The van der Waals surface area contributed by atoms with Crippen LogP contribution in [0.15, 0.2) is 48.7 Å². The maximum absolute atomic E-state index is 14.8. The van der Waals surface area contributed by atoms with Crippen LogP contribution in [0.5, 0.6) is 0 Å². The number of aromatic nitrogens is 2. The molecule has 3 aromatic rings. The third-order valence-corrected chi connectivity index (χ3v) is 9.17. The van der Waals surface area contributed by atoms with Gasteiger partial charge in [-0.2, -0.15) is 0 Å². The Morgan fingerprint density at radius 2 is 1.77 bits per heavy atom. The van der Waals surface area contributed by atoms with Gasteiger partial charge in [-0.15, -0.1) is 0 Å². The standard InChI is InChI=1S/C33H41FN8O2/c1-20-19-40(3)15-16-41(20)25-11-9-24(10-12-25)37-32-30(31(35)43)36-18-29(39-32)42-14-4-5-28(21(42)2)38-33(44)26-13-8-23(17-27(26)34)22-6-7-22/h8-13,17-18,20-22,28H,4-7,14-16,19H2,1-3H3,(H2,35,43)(H,37,39)(H,38,44)/t20-,21+,28+/m0/s1. The largest absolute Gasteiger partial charge is 0.366 e. The van der Waals surface area contributed by atoms with E-state index < -0.39 is 17.6 Å². The summed E-state index contributed by atoms with van der Waals surface area (Å²) in [7, 11) is 2.14. The highest BCUT2D eigenvalue weighted by atomic mass is 19.1. The summed E-state index contributed by atoms with van der Waals surface area (Å²) in [5.74, 6) is -0.336. The van der Waals surface area contributed by atoms with Crippen LogP contribution in [0.4, 0.5) is 27.4 Å². The molecule has 10 nitrogen and oxygen atoms in total. The van der Waals surface area contributed by atoms with Gasteiger partial charge in [0.2, 0.25) is 0 Å². The van der Waals surface area contributed by atoms with E-state index in [0.29, 0.717) is 24.3 Å². The average Bonchev–Trinajstić information content (AvgIpc) is 3.84. The number of carbonyl (C=O) groups excluding carboxylic acids is 2. The summed E-state index contributed by atoms with van der Waals surface area (Å²) in [5, 5.41) is 6.29. The van der Waals surface area contributed by atoms with E-state index in [1.54, 1.807) is 12.3 Å². The Bertz CT molecular complexity index is 1530. The third-order valence-electron chi connectivity index (χ3n) is 9.17. The summed E-state index contributed by atoms with van der Waals surface area (Å²) >= 11 is 0. The number of piperazine rings is 1. The van der Waals surface area contributed by atoms with Gasteiger partial charge in [0, 0.05) is 55.7 Å². The summed E-state index contributed by atoms with van der Waals surface area (Å²) < 4.78 is 14.8. The second-order valence-electron chi connectivity index (χ2n) is 12.4. The maximum Gasteiger partial charge on any atom is 0.271 e. The topological polar surface area (TPSA) is 120 Å². The molecule has 232 valence electrons. The van der Waals surface area contributed by atoms with Crippen molar-refractivity contribution in [2.24, 2.45) is 5.73 Å². The highest BCUT2D eigenvalue weighted by molar-refractivity contribution is 5.96. The molecule has 2 aromatic carbocycles. The lowest BCUT2D eigenvalue weighted by Gasteiger charge is -2.40. The van der Waals surface area contributed by atoms with E-state index in [0.717, 1.165) is 62.3 Å². The Morgan fingerprint density at radius 1 is 1.00 bits per heavy atom. The van der Waals surface area contributed by atoms with E-state index in [1.807, 2.05) is 25.1 Å². The van der Waals surface area contributed by atoms with Crippen molar-refractivity contribution in [3.63, 3.8) is 0 Å². The van der Waals surface area contributed by atoms with Crippen molar-refractivity contribution < 1.29 is 14.0 Å². The maximum atomic E-state index is 14.8. The van der Waals surface area contributed by atoms with Gasteiger partial charge in [0.05, 0.1) is 11.8 Å².